The van der Waals surface area contributed by atoms with Crippen molar-refractivity contribution in [1.82, 2.24) is 34.6 Å². The van der Waals surface area contributed by atoms with E-state index < -0.39 is 40.7 Å². The second-order valence-electron chi connectivity index (χ2n) is 8.34. The van der Waals surface area contributed by atoms with Gasteiger partial charge in [-0.15, -0.1) is 9.90 Å². The Labute approximate surface area is 183 Å². The van der Waals surface area contributed by atoms with Crippen molar-refractivity contribution in [2.75, 3.05) is 5.32 Å². The zero-order chi connectivity index (χ0) is 23.5. The minimum atomic E-state index is -4.75. The van der Waals surface area contributed by atoms with Gasteiger partial charge in [-0.2, -0.15) is 27.8 Å². The summed E-state index contributed by atoms with van der Waals surface area (Å²) in [5.41, 5.74) is -0.308. The lowest BCUT2D eigenvalue weighted by molar-refractivity contribution is -0.137. The minimum Gasteiger partial charge on any atom is -0.324 e. The molecule has 170 valence electrons. The van der Waals surface area contributed by atoms with Crippen LogP contribution >= 0.6 is 0 Å². The summed E-state index contributed by atoms with van der Waals surface area (Å²) < 4.78 is 56.0. The number of carbonyl (C=O) groups excluding carboxylic acids is 1. The van der Waals surface area contributed by atoms with Crippen molar-refractivity contribution < 1.29 is 22.4 Å². The fourth-order valence-electron chi connectivity index (χ4n) is 4.25. The molecule has 4 heterocycles. The van der Waals surface area contributed by atoms with Crippen molar-refractivity contribution in [2.24, 2.45) is 0 Å². The molecule has 0 bridgehead atoms. The molecular weight excluding hydrogens is 444 g/mol. The third kappa shape index (κ3) is 3.49. The monoisotopic (exact) mass is 460 g/mol. The van der Waals surface area contributed by atoms with Gasteiger partial charge < -0.3 is 5.32 Å². The van der Waals surface area contributed by atoms with Gasteiger partial charge in [0.1, 0.15) is 5.56 Å². The van der Waals surface area contributed by atoms with E-state index in [4.69, 9.17) is 0 Å². The Bertz CT molecular complexity index is 1380. The maximum absolute atomic E-state index is 13.7. The lowest BCUT2D eigenvalue weighted by Gasteiger charge is -2.19. The first-order chi connectivity index (χ1) is 15.5. The van der Waals surface area contributed by atoms with Crippen molar-refractivity contribution in [3.05, 3.63) is 59.7 Å². The van der Waals surface area contributed by atoms with E-state index in [1.807, 2.05) is 13.8 Å². The number of carbonyl (C=O) groups is 1. The van der Waals surface area contributed by atoms with Crippen LogP contribution in [0.4, 0.5) is 23.2 Å². The molecule has 4 aromatic heterocycles. The summed E-state index contributed by atoms with van der Waals surface area (Å²) in [6, 6.07) is 1.97. The minimum absolute atomic E-state index is 0.131. The van der Waals surface area contributed by atoms with Gasteiger partial charge in [0.25, 0.3) is 0 Å². The van der Waals surface area contributed by atoms with E-state index in [-0.39, 0.29) is 5.69 Å². The first-order valence-corrected chi connectivity index (χ1v) is 9.84. The number of rotatable bonds is 3. The third-order valence-corrected chi connectivity index (χ3v) is 5.58. The van der Waals surface area contributed by atoms with E-state index >= 15 is 0 Å². The number of alkyl halides is 3. The summed E-state index contributed by atoms with van der Waals surface area (Å²) >= 11 is 0. The summed E-state index contributed by atoms with van der Waals surface area (Å²) in [4.78, 5) is 21.8. The van der Waals surface area contributed by atoms with Crippen molar-refractivity contribution >= 4 is 17.2 Å². The molecule has 1 aliphatic carbocycles. The highest BCUT2D eigenvalue weighted by Gasteiger charge is 2.43. The van der Waals surface area contributed by atoms with Crippen LogP contribution < -0.4 is 5.32 Å². The van der Waals surface area contributed by atoms with Gasteiger partial charge >= 0.3 is 6.18 Å². The van der Waals surface area contributed by atoms with E-state index in [9.17, 15) is 22.4 Å². The van der Waals surface area contributed by atoms with E-state index in [1.165, 1.54) is 29.2 Å². The number of halogens is 4. The summed E-state index contributed by atoms with van der Waals surface area (Å²) in [5, 5.41) is 13.7. The van der Waals surface area contributed by atoms with E-state index in [1.54, 1.807) is 0 Å². The molecule has 1 aliphatic rings. The predicted octanol–water partition coefficient (Wildman–Crippen LogP) is 3.27. The molecule has 0 aromatic carbocycles. The zero-order valence-corrected chi connectivity index (χ0v) is 17.3. The highest BCUT2D eigenvalue weighted by Crippen LogP contribution is 2.46. The summed E-state index contributed by atoms with van der Waals surface area (Å²) in [7, 11) is 0. The van der Waals surface area contributed by atoms with E-state index in [0.29, 0.717) is 23.3 Å². The predicted molar refractivity (Wildman–Crippen MR) is 106 cm³/mol. The molecule has 0 aliphatic heterocycles. The molecule has 0 radical (unpaired) electrons. The van der Waals surface area contributed by atoms with Crippen LogP contribution in [0.1, 0.15) is 43.0 Å². The topological polar surface area (TPSA) is 103 Å². The number of fused-ring (bicyclic) bond motifs is 3. The van der Waals surface area contributed by atoms with Crippen LogP contribution in [0, 0.1) is 5.95 Å². The average Bonchev–Trinajstić information content (AvgIpc) is 3.44. The average molecular weight is 460 g/mol. The Hall–Kier alpha value is -3.90. The maximum Gasteiger partial charge on any atom is 0.420 e. The van der Waals surface area contributed by atoms with Crippen molar-refractivity contribution in [1.29, 1.82) is 0 Å². The zero-order valence-electron chi connectivity index (χ0n) is 17.3. The maximum atomic E-state index is 13.7. The molecule has 0 fully saturated rings. The van der Waals surface area contributed by atoms with Crippen LogP contribution in [0.3, 0.4) is 0 Å². The van der Waals surface area contributed by atoms with Crippen LogP contribution in [0.5, 0.6) is 0 Å². The number of nitrogens with zero attached hydrogens (tertiary/aromatic N) is 7. The van der Waals surface area contributed by atoms with E-state index in [0.717, 1.165) is 17.1 Å². The van der Waals surface area contributed by atoms with Gasteiger partial charge in [0.05, 0.1) is 35.9 Å². The molecule has 0 saturated carbocycles. The van der Waals surface area contributed by atoms with Gasteiger partial charge in [-0.3, -0.25) is 4.79 Å². The molecule has 0 saturated heterocycles. The standard InChI is InChI=1S/C20H16F4N8O/c1-19(2)7-11(12-9-25-15-6-14(21)30-31(15)16(12)19)18(33)29-10-5-13(20(22,23)24)17(26-8-10)32-27-3-4-28-32/h3-6,8-9,11H,7H2,1-2H3,(H,29,33)/t11-/m0/s1. The van der Waals surface area contributed by atoms with Gasteiger partial charge in [-0.1, -0.05) is 13.8 Å². The highest BCUT2D eigenvalue weighted by atomic mass is 19.4. The quantitative estimate of drug-likeness (QED) is 0.471. The number of aromatic nitrogens is 7. The number of nitrogens with one attached hydrogen (secondary N) is 1. The number of pyridine rings is 1. The fraction of sp³-hybridized carbons (Fsp3) is 0.300. The largest absolute Gasteiger partial charge is 0.420 e. The Morgan fingerprint density at radius 1 is 1.15 bits per heavy atom. The summed E-state index contributed by atoms with van der Waals surface area (Å²) in [5.74, 6) is -2.46. The molecule has 1 N–H and O–H groups in total. The van der Waals surface area contributed by atoms with Crippen LogP contribution in [-0.4, -0.2) is 40.5 Å². The fourth-order valence-corrected chi connectivity index (χ4v) is 4.25. The molecule has 0 spiro atoms. The van der Waals surface area contributed by atoms with Crippen LogP contribution in [0.2, 0.25) is 0 Å². The molecular formula is C20H16F4N8O. The van der Waals surface area contributed by atoms with Gasteiger partial charge in [0, 0.05) is 23.2 Å². The smallest absolute Gasteiger partial charge is 0.324 e. The number of hydrogen-bond donors (Lipinski definition) is 1. The second-order valence-corrected chi connectivity index (χ2v) is 8.34. The lowest BCUT2D eigenvalue weighted by Crippen LogP contribution is -2.22. The molecule has 33 heavy (non-hydrogen) atoms. The SMILES string of the molecule is CC1(C)C[C@H](C(=O)Nc2cnc(-n3nccn3)c(C(F)(F)F)c2)c2cnc3cc(F)nn3c21. The second kappa shape index (κ2) is 7.05. The summed E-state index contributed by atoms with van der Waals surface area (Å²) in [6.07, 6.45) is 0.637. The van der Waals surface area contributed by atoms with E-state index in [2.05, 4.69) is 30.6 Å². The molecule has 13 heteroatoms. The Morgan fingerprint density at radius 2 is 1.88 bits per heavy atom. The van der Waals surface area contributed by atoms with Crippen molar-refractivity contribution in [2.45, 2.75) is 37.8 Å². The molecule has 5 rings (SSSR count). The Balaban J connectivity index is 1.49. The van der Waals surface area contributed by atoms with Crippen LogP contribution in [0.15, 0.2) is 36.9 Å². The Kier molecular flexibility index (Phi) is 4.48. The van der Waals surface area contributed by atoms with Crippen LogP contribution in [0.25, 0.3) is 11.5 Å². The summed E-state index contributed by atoms with van der Waals surface area (Å²) in [6.45, 7) is 3.76. The molecule has 4 aromatic rings. The van der Waals surface area contributed by atoms with Crippen molar-refractivity contribution in [3.8, 4) is 5.82 Å². The first kappa shape index (κ1) is 21.0. The lowest BCUT2D eigenvalue weighted by atomic mass is 9.88. The first-order valence-electron chi connectivity index (χ1n) is 9.84. The normalized spacial score (nSPS) is 17.3. The van der Waals surface area contributed by atoms with Gasteiger partial charge in [-0.05, 0) is 12.5 Å². The molecule has 1 atom stereocenters. The molecule has 9 nitrogen and oxygen atoms in total. The van der Waals surface area contributed by atoms with Gasteiger partial charge in [0.2, 0.25) is 11.9 Å². The molecule has 0 unspecified atom stereocenters. The number of hydrogen-bond acceptors (Lipinski definition) is 6. The number of amides is 1. The molecule has 1 amide bonds. The number of anilines is 1. The van der Waals surface area contributed by atoms with Crippen LogP contribution in [-0.2, 0) is 16.4 Å². The van der Waals surface area contributed by atoms with Gasteiger partial charge in [0.15, 0.2) is 11.5 Å². The van der Waals surface area contributed by atoms with Gasteiger partial charge in [-0.25, -0.2) is 14.5 Å². The van der Waals surface area contributed by atoms with Crippen molar-refractivity contribution in [3.63, 3.8) is 0 Å². The third-order valence-electron chi connectivity index (χ3n) is 5.58. The highest BCUT2D eigenvalue weighted by molar-refractivity contribution is 5.96. The Morgan fingerprint density at radius 3 is 2.58 bits per heavy atom.